The van der Waals surface area contributed by atoms with Crippen molar-refractivity contribution in [2.75, 3.05) is 6.54 Å². The molecule has 102 valence electrons. The molecule has 0 aliphatic carbocycles. The fraction of sp³-hybridized carbons (Fsp3) is 0.333. The zero-order chi connectivity index (χ0) is 14.0. The molecule has 0 saturated heterocycles. The molecule has 2 atom stereocenters. The van der Waals surface area contributed by atoms with E-state index in [9.17, 15) is 19.8 Å². The number of nitrogens with one attached hydrogen (secondary N) is 2. The molecule has 2 aromatic rings. The number of hydrogen-bond acceptors (Lipinski definition) is 5. The molecule has 1 heterocycles. The van der Waals surface area contributed by atoms with Gasteiger partial charge in [0.1, 0.15) is 12.2 Å². The summed E-state index contributed by atoms with van der Waals surface area (Å²) in [5.74, 6) is -0.876. The van der Waals surface area contributed by atoms with Crippen molar-refractivity contribution in [2.24, 2.45) is 0 Å². The Kier molecular flexibility index (Phi) is 3.68. The van der Waals surface area contributed by atoms with Crippen LogP contribution in [-0.4, -0.2) is 33.8 Å². The summed E-state index contributed by atoms with van der Waals surface area (Å²) in [5, 5.41) is 22.1. The molecule has 2 rings (SSSR count). The average Bonchev–Trinajstić information content (AvgIpc) is 2.73. The van der Waals surface area contributed by atoms with E-state index in [1.807, 2.05) is 0 Å². The second-order valence-electron chi connectivity index (χ2n) is 4.22. The Hall–Kier alpha value is -2.12. The maximum Gasteiger partial charge on any atom is 0.417 e. The Morgan fingerprint density at radius 1 is 1.47 bits per heavy atom. The normalized spacial score (nSPS) is 14.3. The predicted molar refractivity (Wildman–Crippen MR) is 66.5 cm³/mol. The predicted octanol–water partition coefficient (Wildman–Crippen LogP) is -0.349. The summed E-state index contributed by atoms with van der Waals surface area (Å²) in [4.78, 5) is 24.2. The van der Waals surface area contributed by atoms with Crippen molar-refractivity contribution in [2.45, 2.75) is 19.1 Å². The molecule has 2 unspecified atom stereocenters. The number of carbonyl (C=O) groups is 1. The number of aromatic amines is 1. The number of fused-ring (bicyclic) bond motifs is 1. The van der Waals surface area contributed by atoms with Crippen molar-refractivity contribution in [3.63, 3.8) is 0 Å². The Bertz CT molecular complexity index is 645. The molecule has 0 bridgehead atoms. The summed E-state index contributed by atoms with van der Waals surface area (Å²) in [6.07, 6.45) is -2.33. The third kappa shape index (κ3) is 3.01. The van der Waals surface area contributed by atoms with E-state index in [2.05, 4.69) is 10.3 Å². The lowest BCUT2D eigenvalue weighted by molar-refractivity contribution is -0.119. The Labute approximate surface area is 107 Å². The van der Waals surface area contributed by atoms with E-state index in [0.717, 1.165) is 0 Å². The standard InChI is InChI=1S/C12H14N2O5/c1-6(15)13-5-9(16)11(17)7-2-3-8-10(4-7)19-12(18)14-8/h2-4,9,11,16-17H,5H2,1H3,(H,13,15)(H,14,18). The number of amides is 1. The summed E-state index contributed by atoms with van der Waals surface area (Å²) in [7, 11) is 0. The number of hydrogen-bond donors (Lipinski definition) is 4. The van der Waals surface area contributed by atoms with E-state index in [-0.39, 0.29) is 12.5 Å². The molecule has 0 saturated carbocycles. The monoisotopic (exact) mass is 266 g/mol. The van der Waals surface area contributed by atoms with E-state index in [1.165, 1.54) is 13.0 Å². The first-order valence-corrected chi connectivity index (χ1v) is 5.70. The number of oxazole rings is 1. The summed E-state index contributed by atoms with van der Waals surface area (Å²) in [5.41, 5.74) is 1.21. The van der Waals surface area contributed by atoms with Gasteiger partial charge in [-0.15, -0.1) is 0 Å². The second kappa shape index (κ2) is 5.25. The van der Waals surface area contributed by atoms with E-state index in [4.69, 9.17) is 4.42 Å². The highest BCUT2D eigenvalue weighted by Crippen LogP contribution is 2.20. The molecule has 0 aliphatic heterocycles. The molecule has 0 spiro atoms. The molecule has 0 radical (unpaired) electrons. The largest absolute Gasteiger partial charge is 0.417 e. The minimum atomic E-state index is -1.18. The number of aliphatic hydroxyl groups is 2. The molecule has 1 aromatic heterocycles. The van der Waals surface area contributed by atoms with Gasteiger partial charge in [0.05, 0.1) is 5.52 Å². The lowest BCUT2D eigenvalue weighted by Gasteiger charge is -2.18. The van der Waals surface area contributed by atoms with Crippen molar-refractivity contribution in [1.29, 1.82) is 0 Å². The van der Waals surface area contributed by atoms with Gasteiger partial charge in [0.15, 0.2) is 5.58 Å². The van der Waals surface area contributed by atoms with Gasteiger partial charge in [-0.25, -0.2) is 4.79 Å². The SMILES string of the molecule is CC(=O)NCC(O)C(O)c1ccc2[nH]c(=O)oc2c1. The van der Waals surface area contributed by atoms with Crippen molar-refractivity contribution < 1.29 is 19.4 Å². The summed E-state index contributed by atoms with van der Waals surface area (Å²) < 4.78 is 4.86. The third-order valence-corrected chi connectivity index (χ3v) is 2.71. The van der Waals surface area contributed by atoms with E-state index < -0.39 is 18.0 Å². The first-order chi connectivity index (χ1) is 8.97. The number of carbonyl (C=O) groups excluding carboxylic acids is 1. The number of H-pyrrole nitrogens is 1. The topological polar surface area (TPSA) is 116 Å². The van der Waals surface area contributed by atoms with Crippen LogP contribution < -0.4 is 11.1 Å². The minimum Gasteiger partial charge on any atom is -0.408 e. The Balaban J connectivity index is 2.18. The van der Waals surface area contributed by atoms with Crippen LogP contribution in [0.25, 0.3) is 11.1 Å². The zero-order valence-corrected chi connectivity index (χ0v) is 10.2. The molecular weight excluding hydrogens is 252 g/mol. The lowest BCUT2D eigenvalue weighted by Crippen LogP contribution is -2.34. The van der Waals surface area contributed by atoms with Gasteiger partial charge in [-0.2, -0.15) is 0 Å². The van der Waals surface area contributed by atoms with Gasteiger partial charge >= 0.3 is 5.76 Å². The maximum absolute atomic E-state index is 11.0. The third-order valence-electron chi connectivity index (χ3n) is 2.71. The number of aliphatic hydroxyl groups excluding tert-OH is 2. The van der Waals surface area contributed by atoms with Crippen LogP contribution >= 0.6 is 0 Å². The van der Waals surface area contributed by atoms with Crippen LogP contribution in [-0.2, 0) is 4.79 Å². The molecule has 7 nitrogen and oxygen atoms in total. The molecular formula is C12H14N2O5. The highest BCUT2D eigenvalue weighted by Gasteiger charge is 2.19. The fourth-order valence-electron chi connectivity index (χ4n) is 1.73. The van der Waals surface area contributed by atoms with Crippen molar-refractivity contribution in [1.82, 2.24) is 10.3 Å². The van der Waals surface area contributed by atoms with E-state index >= 15 is 0 Å². The highest BCUT2D eigenvalue weighted by atomic mass is 16.4. The summed E-state index contributed by atoms with van der Waals surface area (Å²) >= 11 is 0. The van der Waals surface area contributed by atoms with Gasteiger partial charge in [-0.05, 0) is 17.7 Å². The highest BCUT2D eigenvalue weighted by molar-refractivity contribution is 5.73. The van der Waals surface area contributed by atoms with Gasteiger partial charge in [-0.1, -0.05) is 6.07 Å². The van der Waals surface area contributed by atoms with Crippen LogP contribution in [0.15, 0.2) is 27.4 Å². The van der Waals surface area contributed by atoms with Crippen molar-refractivity contribution in [3.05, 3.63) is 34.3 Å². The Morgan fingerprint density at radius 2 is 2.21 bits per heavy atom. The van der Waals surface area contributed by atoms with Gasteiger partial charge in [0.2, 0.25) is 5.91 Å². The van der Waals surface area contributed by atoms with Crippen molar-refractivity contribution in [3.8, 4) is 0 Å². The van der Waals surface area contributed by atoms with Gasteiger partial charge < -0.3 is 19.9 Å². The van der Waals surface area contributed by atoms with Crippen LogP contribution in [0.2, 0.25) is 0 Å². The van der Waals surface area contributed by atoms with Crippen LogP contribution in [0, 0.1) is 0 Å². The number of rotatable bonds is 4. The first-order valence-electron chi connectivity index (χ1n) is 5.70. The number of benzene rings is 1. The average molecular weight is 266 g/mol. The molecule has 0 aliphatic rings. The smallest absolute Gasteiger partial charge is 0.408 e. The lowest BCUT2D eigenvalue weighted by atomic mass is 10.0. The summed E-state index contributed by atoms with van der Waals surface area (Å²) in [6, 6.07) is 4.61. The van der Waals surface area contributed by atoms with Crippen LogP contribution in [0.5, 0.6) is 0 Å². The van der Waals surface area contributed by atoms with E-state index in [1.54, 1.807) is 12.1 Å². The van der Waals surface area contributed by atoms with Crippen LogP contribution in [0.3, 0.4) is 0 Å². The quantitative estimate of drug-likeness (QED) is 0.603. The van der Waals surface area contributed by atoms with Gasteiger partial charge in [0.25, 0.3) is 0 Å². The number of aromatic nitrogens is 1. The second-order valence-corrected chi connectivity index (χ2v) is 4.22. The molecule has 4 N–H and O–H groups in total. The molecule has 1 amide bonds. The molecule has 0 fully saturated rings. The summed E-state index contributed by atoms with van der Waals surface area (Å²) in [6.45, 7) is 1.26. The maximum atomic E-state index is 11.0. The molecule has 19 heavy (non-hydrogen) atoms. The molecule has 7 heteroatoms. The van der Waals surface area contributed by atoms with Crippen LogP contribution in [0.1, 0.15) is 18.6 Å². The van der Waals surface area contributed by atoms with Crippen molar-refractivity contribution >= 4 is 17.0 Å². The van der Waals surface area contributed by atoms with Gasteiger partial charge in [0, 0.05) is 13.5 Å². The fourth-order valence-corrected chi connectivity index (χ4v) is 1.73. The Morgan fingerprint density at radius 3 is 2.89 bits per heavy atom. The van der Waals surface area contributed by atoms with Crippen LogP contribution in [0.4, 0.5) is 0 Å². The molecule has 1 aromatic carbocycles. The van der Waals surface area contributed by atoms with E-state index in [0.29, 0.717) is 16.7 Å². The zero-order valence-electron chi connectivity index (χ0n) is 10.2. The first kappa shape index (κ1) is 13.3. The minimum absolute atomic E-state index is 0.0639. The van der Waals surface area contributed by atoms with Gasteiger partial charge in [-0.3, -0.25) is 9.78 Å².